The van der Waals surface area contributed by atoms with Gasteiger partial charge in [-0.25, -0.2) is 8.42 Å². The van der Waals surface area contributed by atoms with Crippen LogP contribution in [0.15, 0.2) is 39.9 Å². The quantitative estimate of drug-likeness (QED) is 0.772. The number of nitrogens with one attached hydrogen (secondary N) is 1. The first-order valence-electron chi connectivity index (χ1n) is 7.38. The SMILES string of the molecule is COc1ccc(Cl)cc1CN(C)C(=O)C(C)NS(=O)(=O)c1cccs1. The van der Waals surface area contributed by atoms with Crippen molar-refractivity contribution in [2.75, 3.05) is 14.2 Å². The third kappa shape index (κ3) is 4.94. The van der Waals surface area contributed by atoms with Crippen LogP contribution in [0, 0.1) is 0 Å². The number of methoxy groups -OCH3 is 1. The summed E-state index contributed by atoms with van der Waals surface area (Å²) >= 11 is 7.09. The van der Waals surface area contributed by atoms with Gasteiger partial charge in [0, 0.05) is 24.2 Å². The number of likely N-dealkylation sites (N-methyl/N-ethyl adjacent to an activating group) is 1. The van der Waals surface area contributed by atoms with E-state index in [9.17, 15) is 13.2 Å². The van der Waals surface area contributed by atoms with Crippen LogP contribution >= 0.6 is 22.9 Å². The Hall–Kier alpha value is -1.61. The molecule has 0 saturated heterocycles. The molecule has 1 heterocycles. The Morgan fingerprint density at radius 2 is 2.12 bits per heavy atom. The summed E-state index contributed by atoms with van der Waals surface area (Å²) in [5.74, 6) is 0.248. The molecular weight excluding hydrogens is 384 g/mol. The highest BCUT2D eigenvalue weighted by Gasteiger charge is 2.25. The zero-order valence-corrected chi connectivity index (χ0v) is 16.4. The number of ether oxygens (including phenoxy) is 1. The fourth-order valence-corrected chi connectivity index (χ4v) is 4.69. The molecule has 0 bridgehead atoms. The summed E-state index contributed by atoms with van der Waals surface area (Å²) in [7, 11) is -0.582. The minimum Gasteiger partial charge on any atom is -0.496 e. The van der Waals surface area contributed by atoms with E-state index < -0.39 is 16.1 Å². The second-order valence-corrected chi connectivity index (χ2v) is 8.75. The van der Waals surface area contributed by atoms with Gasteiger partial charge in [-0.15, -0.1) is 11.3 Å². The minimum absolute atomic E-state index is 0.173. The normalized spacial score (nSPS) is 12.6. The molecule has 0 saturated carbocycles. The van der Waals surface area contributed by atoms with Crippen molar-refractivity contribution in [3.8, 4) is 5.75 Å². The summed E-state index contributed by atoms with van der Waals surface area (Å²) in [4.78, 5) is 13.9. The summed E-state index contributed by atoms with van der Waals surface area (Å²) in [5.41, 5.74) is 0.735. The first-order chi connectivity index (χ1) is 11.7. The molecule has 6 nitrogen and oxygen atoms in total. The van der Waals surface area contributed by atoms with Crippen LogP contribution in [-0.2, 0) is 21.4 Å². The molecule has 1 unspecified atom stereocenters. The molecule has 1 aromatic carbocycles. The average molecular weight is 403 g/mol. The van der Waals surface area contributed by atoms with E-state index in [1.165, 1.54) is 25.0 Å². The van der Waals surface area contributed by atoms with E-state index in [2.05, 4.69) is 4.72 Å². The van der Waals surface area contributed by atoms with Gasteiger partial charge in [0.15, 0.2) is 0 Å². The standard InChI is InChI=1S/C16H19ClN2O4S2/c1-11(18-25(21,22)15-5-4-8-24-15)16(20)19(2)10-12-9-13(17)6-7-14(12)23-3/h4-9,11,18H,10H2,1-3H3. The fourth-order valence-electron chi connectivity index (χ4n) is 2.29. The number of sulfonamides is 1. The maximum absolute atomic E-state index is 12.5. The van der Waals surface area contributed by atoms with Crippen molar-refractivity contribution in [1.29, 1.82) is 0 Å². The lowest BCUT2D eigenvalue weighted by Gasteiger charge is -2.23. The van der Waals surface area contributed by atoms with E-state index in [4.69, 9.17) is 16.3 Å². The van der Waals surface area contributed by atoms with Crippen molar-refractivity contribution < 1.29 is 17.9 Å². The van der Waals surface area contributed by atoms with Gasteiger partial charge in [0.1, 0.15) is 9.96 Å². The van der Waals surface area contributed by atoms with Gasteiger partial charge in [-0.3, -0.25) is 4.79 Å². The van der Waals surface area contributed by atoms with Crippen LogP contribution in [-0.4, -0.2) is 39.4 Å². The van der Waals surface area contributed by atoms with Gasteiger partial charge in [-0.1, -0.05) is 17.7 Å². The molecule has 0 spiro atoms. The molecule has 1 aromatic heterocycles. The van der Waals surface area contributed by atoms with Crippen LogP contribution in [0.4, 0.5) is 0 Å². The molecular formula is C16H19ClN2O4S2. The van der Waals surface area contributed by atoms with E-state index in [1.807, 2.05) is 0 Å². The van der Waals surface area contributed by atoms with Crippen molar-refractivity contribution in [2.24, 2.45) is 0 Å². The number of benzene rings is 1. The van der Waals surface area contributed by atoms with E-state index in [0.717, 1.165) is 16.9 Å². The largest absolute Gasteiger partial charge is 0.496 e. The van der Waals surface area contributed by atoms with Crippen LogP contribution < -0.4 is 9.46 Å². The van der Waals surface area contributed by atoms with Crippen LogP contribution in [0.2, 0.25) is 5.02 Å². The zero-order valence-electron chi connectivity index (χ0n) is 14.0. The number of thiophene rings is 1. The van der Waals surface area contributed by atoms with Gasteiger partial charge < -0.3 is 9.64 Å². The number of amides is 1. The highest BCUT2D eigenvalue weighted by molar-refractivity contribution is 7.91. The minimum atomic E-state index is -3.71. The van der Waals surface area contributed by atoms with E-state index >= 15 is 0 Å². The summed E-state index contributed by atoms with van der Waals surface area (Å²) in [6.07, 6.45) is 0. The maximum atomic E-state index is 12.5. The first-order valence-corrected chi connectivity index (χ1v) is 10.1. The fraction of sp³-hybridized carbons (Fsp3) is 0.312. The Kier molecular flexibility index (Phi) is 6.45. The van der Waals surface area contributed by atoms with Crippen LogP contribution in [0.5, 0.6) is 5.75 Å². The highest BCUT2D eigenvalue weighted by atomic mass is 35.5. The van der Waals surface area contributed by atoms with Gasteiger partial charge in [0.05, 0.1) is 13.2 Å². The van der Waals surface area contributed by atoms with Gasteiger partial charge in [0.25, 0.3) is 10.0 Å². The van der Waals surface area contributed by atoms with Gasteiger partial charge >= 0.3 is 0 Å². The zero-order chi connectivity index (χ0) is 18.6. The molecule has 1 N–H and O–H groups in total. The first kappa shape index (κ1) is 19.7. The smallest absolute Gasteiger partial charge is 0.250 e. The predicted octanol–water partition coefficient (Wildman–Crippen LogP) is 2.74. The second-order valence-electron chi connectivity index (χ2n) is 5.43. The van der Waals surface area contributed by atoms with Crippen LogP contribution in [0.3, 0.4) is 0 Å². The third-order valence-corrected chi connectivity index (χ3v) is 6.66. The lowest BCUT2D eigenvalue weighted by Crippen LogP contribution is -2.45. The van der Waals surface area contributed by atoms with Gasteiger partial charge in [-0.2, -0.15) is 4.72 Å². The number of hydrogen-bond acceptors (Lipinski definition) is 5. The molecule has 0 fully saturated rings. The lowest BCUT2D eigenvalue weighted by atomic mass is 10.2. The monoisotopic (exact) mass is 402 g/mol. The number of hydrogen-bond donors (Lipinski definition) is 1. The van der Waals surface area contributed by atoms with E-state index in [-0.39, 0.29) is 16.7 Å². The van der Waals surface area contributed by atoms with Crippen LogP contribution in [0.1, 0.15) is 12.5 Å². The maximum Gasteiger partial charge on any atom is 0.250 e. The molecule has 0 aliphatic heterocycles. The van der Waals surface area contributed by atoms with E-state index in [0.29, 0.717) is 10.8 Å². The summed E-state index contributed by atoms with van der Waals surface area (Å²) in [5, 5.41) is 2.20. The molecule has 2 rings (SSSR count). The van der Waals surface area contributed by atoms with Crippen molar-refractivity contribution in [2.45, 2.75) is 23.7 Å². The van der Waals surface area contributed by atoms with Gasteiger partial charge in [-0.05, 0) is 36.6 Å². The topological polar surface area (TPSA) is 75.7 Å². The van der Waals surface area contributed by atoms with E-state index in [1.54, 1.807) is 36.7 Å². The van der Waals surface area contributed by atoms with Gasteiger partial charge in [0.2, 0.25) is 5.91 Å². The molecule has 9 heteroatoms. The average Bonchev–Trinajstić information content (AvgIpc) is 3.09. The number of nitrogens with zero attached hydrogens (tertiary/aromatic N) is 1. The Bertz CT molecular complexity index is 838. The number of carbonyl (C=O) groups is 1. The Morgan fingerprint density at radius 1 is 1.40 bits per heavy atom. The molecule has 1 atom stereocenters. The number of carbonyl (C=O) groups excluding carboxylic acids is 1. The van der Waals surface area contributed by atoms with Crippen molar-refractivity contribution in [3.63, 3.8) is 0 Å². The summed E-state index contributed by atoms with van der Waals surface area (Å²) in [6, 6.07) is 7.36. The van der Waals surface area contributed by atoms with Crippen molar-refractivity contribution in [3.05, 3.63) is 46.3 Å². The van der Waals surface area contributed by atoms with Crippen molar-refractivity contribution in [1.82, 2.24) is 9.62 Å². The molecule has 0 aliphatic rings. The predicted molar refractivity (Wildman–Crippen MR) is 98.6 cm³/mol. The molecule has 136 valence electrons. The summed E-state index contributed by atoms with van der Waals surface area (Å²) < 4.78 is 32.3. The Balaban J connectivity index is 2.08. The molecule has 25 heavy (non-hydrogen) atoms. The molecule has 2 aromatic rings. The van der Waals surface area contributed by atoms with Crippen molar-refractivity contribution >= 4 is 38.9 Å². The Labute approximate surface area is 156 Å². The van der Waals surface area contributed by atoms with Crippen LogP contribution in [0.25, 0.3) is 0 Å². The molecule has 0 aliphatic carbocycles. The number of rotatable bonds is 7. The lowest BCUT2D eigenvalue weighted by molar-refractivity contribution is -0.131. The third-order valence-electron chi connectivity index (χ3n) is 3.49. The molecule has 0 radical (unpaired) electrons. The number of halogens is 1. The molecule has 1 amide bonds. The second kappa shape index (κ2) is 8.18. The highest BCUT2D eigenvalue weighted by Crippen LogP contribution is 2.24. The Morgan fingerprint density at radius 3 is 2.72 bits per heavy atom. The summed E-state index contributed by atoms with van der Waals surface area (Å²) in [6.45, 7) is 1.76.